The van der Waals surface area contributed by atoms with Gasteiger partial charge in [-0.05, 0) is 29.5 Å². The Morgan fingerprint density at radius 3 is 1.71 bits per heavy atom. The van der Waals surface area contributed by atoms with Gasteiger partial charge in [-0.3, -0.25) is 0 Å². The van der Waals surface area contributed by atoms with E-state index < -0.39 is 3.67 Å². The molecule has 0 saturated carbocycles. The summed E-state index contributed by atoms with van der Waals surface area (Å²) < 4.78 is -0.233. The van der Waals surface area contributed by atoms with Crippen LogP contribution in [0, 0.1) is 0 Å². The Morgan fingerprint density at radius 2 is 1.71 bits per heavy atom. The lowest BCUT2D eigenvalue weighted by Gasteiger charge is -2.18. The van der Waals surface area contributed by atoms with Gasteiger partial charge in [-0.1, -0.05) is 22.6 Å². The number of hydrogen-bond donors (Lipinski definition) is 2. The highest BCUT2D eigenvalue weighted by molar-refractivity contribution is 14.1. The molecular formula is C3H8I2N2. The third-order valence-corrected chi connectivity index (χ3v) is 3.77. The van der Waals surface area contributed by atoms with Gasteiger partial charge in [0.15, 0.2) is 0 Å². The minimum Gasteiger partial charge on any atom is -0.304 e. The van der Waals surface area contributed by atoms with Crippen LogP contribution in [0.4, 0.5) is 0 Å². The summed E-state index contributed by atoms with van der Waals surface area (Å²) in [7, 11) is 0. The quantitative estimate of drug-likeness (QED) is 0.324. The molecule has 0 rings (SSSR count). The largest absolute Gasteiger partial charge is 0.304 e. The zero-order valence-electron chi connectivity index (χ0n) is 3.99. The van der Waals surface area contributed by atoms with Crippen LogP contribution in [0.15, 0.2) is 0 Å². The molecule has 0 amide bonds. The first-order valence-electron chi connectivity index (χ1n) is 1.85. The monoisotopic (exact) mass is 326 g/mol. The Labute approximate surface area is 70.7 Å². The molecule has 0 aliphatic rings. The van der Waals surface area contributed by atoms with E-state index in [1.165, 1.54) is 0 Å². The fourth-order valence-electron chi connectivity index (χ4n) is 0. The van der Waals surface area contributed by atoms with E-state index in [0.717, 1.165) is 0 Å². The molecule has 0 bridgehead atoms. The van der Waals surface area contributed by atoms with E-state index in [1.54, 1.807) is 0 Å². The Morgan fingerprint density at radius 1 is 1.57 bits per heavy atom. The Bertz CT molecular complexity index is 56.4. The number of nitrogens with two attached hydrogens (primary N) is 2. The predicted octanol–water partition coefficient (Wildman–Crippen LogP) is 0.816. The number of alkyl halides is 2. The molecule has 0 aliphatic carbocycles. The SMILES string of the molecule is CC(I)C(N)(N)I. The van der Waals surface area contributed by atoms with Gasteiger partial charge in [-0.15, -0.1) is 0 Å². The highest BCUT2D eigenvalue weighted by Gasteiger charge is 2.19. The molecule has 4 heteroatoms. The van der Waals surface area contributed by atoms with E-state index >= 15 is 0 Å². The molecule has 0 saturated heterocycles. The van der Waals surface area contributed by atoms with Crippen LogP contribution in [0.25, 0.3) is 0 Å². The second kappa shape index (κ2) is 2.79. The second-order valence-electron chi connectivity index (χ2n) is 1.44. The third kappa shape index (κ3) is 3.92. The molecule has 1 unspecified atom stereocenters. The van der Waals surface area contributed by atoms with Gasteiger partial charge in [0.05, 0.1) is 0 Å². The van der Waals surface area contributed by atoms with E-state index in [1.807, 2.05) is 29.5 Å². The number of hydrogen-bond acceptors (Lipinski definition) is 2. The van der Waals surface area contributed by atoms with Crippen LogP contribution in [0.5, 0.6) is 0 Å². The maximum absolute atomic E-state index is 5.44. The van der Waals surface area contributed by atoms with Crippen molar-refractivity contribution in [3.63, 3.8) is 0 Å². The molecule has 0 heterocycles. The van der Waals surface area contributed by atoms with Gasteiger partial charge in [-0.25, -0.2) is 0 Å². The first-order chi connectivity index (χ1) is 2.94. The van der Waals surface area contributed by atoms with Crippen molar-refractivity contribution >= 4 is 45.2 Å². The molecule has 0 aromatic rings. The Kier molecular flexibility index (Phi) is 3.34. The van der Waals surface area contributed by atoms with Crippen molar-refractivity contribution < 1.29 is 0 Å². The van der Waals surface area contributed by atoms with Crippen molar-refractivity contribution in [1.29, 1.82) is 0 Å². The van der Waals surface area contributed by atoms with E-state index in [4.69, 9.17) is 11.5 Å². The lowest BCUT2D eigenvalue weighted by atomic mass is 10.4. The van der Waals surface area contributed by atoms with Crippen molar-refractivity contribution in [3.8, 4) is 0 Å². The highest BCUT2D eigenvalue weighted by atomic mass is 127. The van der Waals surface area contributed by atoms with Crippen molar-refractivity contribution in [2.45, 2.75) is 14.5 Å². The summed E-state index contributed by atoms with van der Waals surface area (Å²) in [6, 6.07) is 0. The van der Waals surface area contributed by atoms with Gasteiger partial charge in [-0.2, -0.15) is 0 Å². The van der Waals surface area contributed by atoms with Crippen molar-refractivity contribution in [2.24, 2.45) is 11.5 Å². The molecule has 7 heavy (non-hydrogen) atoms. The number of halogens is 2. The zero-order chi connectivity index (χ0) is 6.08. The van der Waals surface area contributed by atoms with Gasteiger partial charge in [0.2, 0.25) is 0 Å². The van der Waals surface area contributed by atoms with Crippen LogP contribution in [-0.2, 0) is 0 Å². The summed E-state index contributed by atoms with van der Waals surface area (Å²) in [5.74, 6) is 0. The fourth-order valence-corrected chi connectivity index (χ4v) is 0. The number of rotatable bonds is 1. The normalized spacial score (nSPS) is 16.7. The first-order valence-corrected chi connectivity index (χ1v) is 4.17. The van der Waals surface area contributed by atoms with E-state index in [2.05, 4.69) is 22.6 Å². The van der Waals surface area contributed by atoms with Crippen molar-refractivity contribution in [1.82, 2.24) is 0 Å². The summed E-state index contributed by atoms with van der Waals surface area (Å²) in [5.41, 5.74) is 10.9. The predicted molar refractivity (Wildman–Crippen MR) is 48.6 cm³/mol. The molecular weight excluding hydrogens is 318 g/mol. The maximum atomic E-state index is 5.44. The summed E-state index contributed by atoms with van der Waals surface area (Å²) in [6.45, 7) is 1.98. The molecule has 0 radical (unpaired) electrons. The first kappa shape index (κ1) is 8.38. The fraction of sp³-hybridized carbons (Fsp3) is 1.00. The average Bonchev–Trinajstić information content (AvgIpc) is 1.31. The van der Waals surface area contributed by atoms with Crippen LogP contribution in [0.2, 0.25) is 0 Å². The van der Waals surface area contributed by atoms with Gasteiger partial charge in [0.25, 0.3) is 0 Å². The van der Waals surface area contributed by atoms with Crippen molar-refractivity contribution in [3.05, 3.63) is 0 Å². The molecule has 2 nitrogen and oxygen atoms in total. The standard InChI is InChI=1S/C3H8I2N2/c1-2(4)3(5,6)7/h2H,6-7H2,1H3. The van der Waals surface area contributed by atoms with Crippen LogP contribution < -0.4 is 11.5 Å². The maximum Gasteiger partial charge on any atom is 0.129 e. The Hall–Kier alpha value is 1.38. The second-order valence-corrected chi connectivity index (χ2v) is 5.18. The molecule has 1 atom stereocenters. The Balaban J connectivity index is 3.54. The molecule has 0 aliphatic heterocycles. The van der Waals surface area contributed by atoms with E-state index in [-0.39, 0.29) is 0 Å². The highest BCUT2D eigenvalue weighted by Crippen LogP contribution is 2.15. The van der Waals surface area contributed by atoms with Crippen LogP contribution in [0.3, 0.4) is 0 Å². The zero-order valence-corrected chi connectivity index (χ0v) is 8.30. The van der Waals surface area contributed by atoms with E-state index in [0.29, 0.717) is 3.92 Å². The molecule has 0 aromatic carbocycles. The lowest BCUT2D eigenvalue weighted by Crippen LogP contribution is -2.49. The van der Waals surface area contributed by atoms with E-state index in [9.17, 15) is 0 Å². The summed E-state index contributed by atoms with van der Waals surface area (Å²) in [6.07, 6.45) is 0. The lowest BCUT2D eigenvalue weighted by molar-refractivity contribution is 0.686. The molecule has 0 aromatic heterocycles. The van der Waals surface area contributed by atoms with Gasteiger partial charge in [0, 0.05) is 3.92 Å². The molecule has 0 fully saturated rings. The van der Waals surface area contributed by atoms with Crippen LogP contribution >= 0.6 is 45.2 Å². The van der Waals surface area contributed by atoms with Crippen LogP contribution in [0.1, 0.15) is 6.92 Å². The summed E-state index contributed by atoms with van der Waals surface area (Å²) in [5, 5.41) is 0. The average molecular weight is 326 g/mol. The third-order valence-electron chi connectivity index (χ3n) is 0.610. The minimum atomic E-state index is -0.543. The molecule has 44 valence electrons. The topological polar surface area (TPSA) is 52.0 Å². The van der Waals surface area contributed by atoms with Gasteiger partial charge in [0.1, 0.15) is 3.67 Å². The van der Waals surface area contributed by atoms with Gasteiger partial charge < -0.3 is 11.5 Å². The van der Waals surface area contributed by atoms with Gasteiger partial charge >= 0.3 is 0 Å². The molecule has 4 N–H and O–H groups in total. The summed E-state index contributed by atoms with van der Waals surface area (Å²) in [4.78, 5) is 0. The minimum absolute atomic E-state index is 0.311. The van der Waals surface area contributed by atoms with Crippen LogP contribution in [-0.4, -0.2) is 7.59 Å². The smallest absolute Gasteiger partial charge is 0.129 e. The van der Waals surface area contributed by atoms with Crippen molar-refractivity contribution in [2.75, 3.05) is 0 Å². The summed E-state index contributed by atoms with van der Waals surface area (Å²) >= 11 is 4.21. The molecule has 0 spiro atoms.